The van der Waals surface area contributed by atoms with Gasteiger partial charge in [0.25, 0.3) is 0 Å². The van der Waals surface area contributed by atoms with Crippen LogP contribution in [0.4, 0.5) is 4.79 Å². The number of carbonyl (C=O) groups excluding carboxylic acids is 1. The van der Waals surface area contributed by atoms with Gasteiger partial charge in [-0.2, -0.15) is 5.10 Å². The maximum absolute atomic E-state index is 12.2. The highest BCUT2D eigenvalue weighted by Gasteiger charge is 2.21. The Morgan fingerprint density at radius 3 is 2.77 bits per heavy atom. The van der Waals surface area contributed by atoms with Gasteiger partial charge in [0.15, 0.2) is 0 Å². The number of amides is 1. The summed E-state index contributed by atoms with van der Waals surface area (Å²) >= 11 is 0. The lowest BCUT2D eigenvalue weighted by Gasteiger charge is -2.26. The molecule has 0 fully saturated rings. The van der Waals surface area contributed by atoms with E-state index >= 15 is 0 Å². The van der Waals surface area contributed by atoms with Crippen LogP contribution in [0.2, 0.25) is 0 Å². The predicted molar refractivity (Wildman–Crippen MR) is 114 cm³/mol. The zero-order valence-corrected chi connectivity index (χ0v) is 17.3. The first-order valence-electron chi connectivity index (χ1n) is 9.79. The van der Waals surface area contributed by atoms with Gasteiger partial charge in [0.1, 0.15) is 17.9 Å². The van der Waals surface area contributed by atoms with Gasteiger partial charge >= 0.3 is 6.09 Å². The number of hydrogen-bond acceptors (Lipinski definition) is 5. The molecule has 0 spiro atoms. The minimum atomic E-state index is -0.525. The third-order valence-electron chi connectivity index (χ3n) is 4.38. The van der Waals surface area contributed by atoms with E-state index in [4.69, 9.17) is 9.47 Å². The second-order valence-electron chi connectivity index (χ2n) is 7.96. The van der Waals surface area contributed by atoms with E-state index < -0.39 is 5.60 Å². The summed E-state index contributed by atoms with van der Waals surface area (Å²) in [5.41, 5.74) is 3.03. The van der Waals surface area contributed by atoms with Crippen molar-refractivity contribution in [2.75, 3.05) is 6.54 Å². The maximum atomic E-state index is 12.2. The monoisotopic (exact) mass is 404 g/mol. The Kier molecular flexibility index (Phi) is 5.27. The normalized spacial score (nSPS) is 14.0. The van der Waals surface area contributed by atoms with Crippen molar-refractivity contribution in [1.82, 2.24) is 19.5 Å². The molecule has 4 heterocycles. The number of fused-ring (bicyclic) bond motifs is 1. The Morgan fingerprint density at radius 1 is 1.17 bits per heavy atom. The van der Waals surface area contributed by atoms with Crippen molar-refractivity contribution < 1.29 is 14.3 Å². The molecule has 0 aliphatic carbocycles. The number of nitrogens with zero attached hydrogens (tertiary/aromatic N) is 4. The molecule has 0 bridgehead atoms. The second-order valence-corrected chi connectivity index (χ2v) is 7.96. The van der Waals surface area contributed by atoms with Gasteiger partial charge in [0, 0.05) is 25.0 Å². The summed E-state index contributed by atoms with van der Waals surface area (Å²) < 4.78 is 13.1. The molecular formula is C23H24N4O3. The van der Waals surface area contributed by atoms with Crippen LogP contribution in [0.5, 0.6) is 5.88 Å². The number of pyridine rings is 2. The molecule has 4 rings (SSSR count). The molecule has 0 atom stereocenters. The molecule has 0 unspecified atom stereocenters. The Bertz CT molecular complexity index is 1090. The van der Waals surface area contributed by atoms with Crippen LogP contribution in [0.3, 0.4) is 0 Å². The summed E-state index contributed by atoms with van der Waals surface area (Å²) in [5.74, 6) is 0.522. The van der Waals surface area contributed by atoms with Crippen LogP contribution < -0.4 is 4.74 Å². The van der Waals surface area contributed by atoms with Crippen molar-refractivity contribution >= 4 is 17.2 Å². The average molecular weight is 404 g/mol. The third-order valence-corrected chi connectivity index (χ3v) is 4.38. The average Bonchev–Trinajstić information content (AvgIpc) is 3.14. The fraction of sp³-hybridized carbons (Fsp3) is 0.261. The Hall–Kier alpha value is -3.61. The summed E-state index contributed by atoms with van der Waals surface area (Å²) in [5, 5.41) is 4.48. The summed E-state index contributed by atoms with van der Waals surface area (Å²) in [6, 6.07) is 13.5. The van der Waals surface area contributed by atoms with Gasteiger partial charge in [-0.25, -0.2) is 14.3 Å². The van der Waals surface area contributed by atoms with Crippen LogP contribution in [0, 0.1) is 0 Å². The zero-order valence-electron chi connectivity index (χ0n) is 17.3. The Labute approximate surface area is 175 Å². The number of allylic oxidation sites excluding steroid dienone is 2. The maximum Gasteiger partial charge on any atom is 0.414 e. The quantitative estimate of drug-likeness (QED) is 0.642. The molecule has 0 aromatic carbocycles. The fourth-order valence-corrected chi connectivity index (χ4v) is 3.01. The largest absolute Gasteiger partial charge is 0.471 e. The van der Waals surface area contributed by atoms with Gasteiger partial charge in [0.05, 0.1) is 11.2 Å². The molecule has 30 heavy (non-hydrogen) atoms. The van der Waals surface area contributed by atoms with E-state index in [2.05, 4.69) is 10.1 Å². The van der Waals surface area contributed by atoms with Gasteiger partial charge < -0.3 is 9.47 Å². The van der Waals surface area contributed by atoms with Gasteiger partial charge in [0.2, 0.25) is 5.88 Å². The first-order valence-corrected chi connectivity index (χ1v) is 9.79. The molecule has 7 nitrogen and oxygen atoms in total. The van der Waals surface area contributed by atoms with E-state index in [1.165, 1.54) is 4.90 Å². The van der Waals surface area contributed by atoms with Crippen LogP contribution in [-0.4, -0.2) is 37.7 Å². The summed E-state index contributed by atoms with van der Waals surface area (Å²) in [7, 11) is 0. The van der Waals surface area contributed by atoms with E-state index in [0.717, 1.165) is 22.5 Å². The number of aromatic nitrogens is 3. The fourth-order valence-electron chi connectivity index (χ4n) is 3.01. The lowest BCUT2D eigenvalue weighted by molar-refractivity contribution is 0.0350. The van der Waals surface area contributed by atoms with E-state index in [-0.39, 0.29) is 6.09 Å². The minimum Gasteiger partial charge on any atom is -0.471 e. The molecule has 0 N–H and O–H groups in total. The van der Waals surface area contributed by atoms with E-state index in [9.17, 15) is 4.79 Å². The topological polar surface area (TPSA) is 69.0 Å². The number of hydrogen-bond donors (Lipinski definition) is 0. The molecule has 0 radical (unpaired) electrons. The van der Waals surface area contributed by atoms with Gasteiger partial charge in [-0.3, -0.25) is 4.90 Å². The zero-order chi connectivity index (χ0) is 21.1. The molecule has 3 aromatic rings. The van der Waals surface area contributed by atoms with Crippen LogP contribution in [0.1, 0.15) is 32.2 Å². The van der Waals surface area contributed by atoms with Crippen molar-refractivity contribution in [2.45, 2.75) is 33.0 Å². The van der Waals surface area contributed by atoms with Crippen molar-refractivity contribution in [1.29, 1.82) is 0 Å². The molecule has 0 saturated heterocycles. The van der Waals surface area contributed by atoms with E-state index in [1.807, 2.05) is 86.1 Å². The molecule has 3 aromatic heterocycles. The number of ether oxygens (including phenoxy) is 2. The lowest BCUT2D eigenvalue weighted by atomic mass is 10.1. The van der Waals surface area contributed by atoms with Crippen molar-refractivity contribution in [2.24, 2.45) is 0 Å². The van der Waals surface area contributed by atoms with E-state index in [1.54, 1.807) is 6.20 Å². The van der Waals surface area contributed by atoms with Gasteiger partial charge in [-0.05, 0) is 56.7 Å². The summed E-state index contributed by atoms with van der Waals surface area (Å²) in [6.45, 7) is 6.30. The van der Waals surface area contributed by atoms with Gasteiger partial charge in [-0.1, -0.05) is 18.2 Å². The van der Waals surface area contributed by atoms with Crippen LogP contribution in [0.25, 0.3) is 11.1 Å². The Morgan fingerprint density at radius 2 is 2.03 bits per heavy atom. The number of carbonyl (C=O) groups is 1. The van der Waals surface area contributed by atoms with Crippen LogP contribution in [0.15, 0.2) is 67.0 Å². The second kappa shape index (κ2) is 8.02. The highest BCUT2D eigenvalue weighted by Crippen LogP contribution is 2.22. The molecule has 0 saturated carbocycles. The molecule has 154 valence electrons. The van der Waals surface area contributed by atoms with E-state index in [0.29, 0.717) is 19.0 Å². The summed E-state index contributed by atoms with van der Waals surface area (Å²) in [6.07, 6.45) is 7.04. The highest BCUT2D eigenvalue weighted by molar-refractivity contribution is 5.77. The van der Waals surface area contributed by atoms with Crippen LogP contribution in [-0.2, 0) is 11.3 Å². The lowest BCUT2D eigenvalue weighted by Crippen LogP contribution is -2.34. The predicted octanol–water partition coefficient (Wildman–Crippen LogP) is 4.46. The van der Waals surface area contributed by atoms with Crippen molar-refractivity contribution in [3.05, 3.63) is 78.4 Å². The molecule has 7 heteroatoms. The highest BCUT2D eigenvalue weighted by atomic mass is 16.6. The van der Waals surface area contributed by atoms with Gasteiger partial charge in [-0.15, -0.1) is 0 Å². The SMILES string of the molecule is CC(C)(C)OC(=O)N1C=CC(c2cccc(OCc3cc4ccccn4n3)n2)=CC1. The van der Waals surface area contributed by atoms with Crippen LogP contribution >= 0.6 is 0 Å². The first-order chi connectivity index (χ1) is 14.4. The molecule has 1 amide bonds. The van der Waals surface area contributed by atoms with Crippen molar-refractivity contribution in [3.63, 3.8) is 0 Å². The Balaban J connectivity index is 1.40. The number of rotatable bonds is 4. The molecule has 1 aliphatic heterocycles. The molecule has 1 aliphatic rings. The third kappa shape index (κ3) is 4.68. The summed E-state index contributed by atoms with van der Waals surface area (Å²) in [4.78, 5) is 18.3. The molecular weight excluding hydrogens is 380 g/mol. The van der Waals surface area contributed by atoms with Crippen molar-refractivity contribution in [3.8, 4) is 5.88 Å². The standard InChI is InChI=1S/C23H24N4O3/c1-23(2,3)30-22(28)26-13-10-17(11-14-26)20-8-6-9-21(24-20)29-16-18-15-19-7-4-5-12-27(19)25-18/h4-13,15H,14,16H2,1-3H3. The first kappa shape index (κ1) is 19.7. The minimum absolute atomic E-state index is 0.333. The smallest absolute Gasteiger partial charge is 0.414 e.